The topological polar surface area (TPSA) is 69.7 Å². The van der Waals surface area contributed by atoms with Crippen LogP contribution in [0.2, 0.25) is 0 Å². The average Bonchev–Trinajstić information content (AvgIpc) is 3.39. The molecule has 4 amide bonds. The van der Waals surface area contributed by atoms with Crippen molar-refractivity contribution in [3.63, 3.8) is 0 Å². The number of hydrogen-bond acceptors (Lipinski definition) is 3. The van der Waals surface area contributed by atoms with Gasteiger partial charge in [0.05, 0.1) is 0 Å². The summed E-state index contributed by atoms with van der Waals surface area (Å²) in [4.78, 5) is 40.4. The van der Waals surface area contributed by atoms with Gasteiger partial charge in [0.1, 0.15) is 12.1 Å². The van der Waals surface area contributed by atoms with E-state index in [1.165, 1.54) is 0 Å². The summed E-state index contributed by atoms with van der Waals surface area (Å²) < 4.78 is 0. The molecule has 1 aliphatic heterocycles. The molecule has 1 aliphatic carbocycles. The molecule has 3 rings (SSSR count). The molecular formula is C19H25N3O3. The number of rotatable bonds is 5. The number of aryl methyl sites for hydroxylation is 1. The van der Waals surface area contributed by atoms with E-state index in [0.29, 0.717) is 11.5 Å². The van der Waals surface area contributed by atoms with Crippen molar-refractivity contribution in [1.82, 2.24) is 15.1 Å². The number of hydrogen-bond donors (Lipinski definition) is 1. The fourth-order valence-corrected chi connectivity index (χ4v) is 3.29. The molecule has 0 aromatic heterocycles. The van der Waals surface area contributed by atoms with Crippen molar-refractivity contribution >= 4 is 17.8 Å². The molecule has 1 saturated heterocycles. The molecule has 25 heavy (non-hydrogen) atoms. The lowest BCUT2D eigenvalue weighted by atomic mass is 9.91. The van der Waals surface area contributed by atoms with E-state index in [-0.39, 0.29) is 24.4 Å². The Labute approximate surface area is 148 Å². The van der Waals surface area contributed by atoms with Gasteiger partial charge in [-0.2, -0.15) is 0 Å². The highest BCUT2D eigenvalue weighted by atomic mass is 16.2. The summed E-state index contributed by atoms with van der Waals surface area (Å²) in [5, 5.41) is 2.74. The molecular weight excluding hydrogens is 318 g/mol. The van der Waals surface area contributed by atoms with Gasteiger partial charge in [0.15, 0.2) is 0 Å². The van der Waals surface area contributed by atoms with Gasteiger partial charge in [0, 0.05) is 13.1 Å². The normalized spacial score (nSPS) is 24.2. The monoisotopic (exact) mass is 343 g/mol. The van der Waals surface area contributed by atoms with E-state index in [1.54, 1.807) is 18.9 Å². The first-order valence-corrected chi connectivity index (χ1v) is 8.71. The van der Waals surface area contributed by atoms with Crippen LogP contribution < -0.4 is 5.32 Å². The number of likely N-dealkylation sites (N-methyl/N-ethyl adjacent to an activating group) is 1. The predicted molar refractivity (Wildman–Crippen MR) is 93.7 cm³/mol. The highest BCUT2D eigenvalue weighted by Gasteiger charge is 2.49. The van der Waals surface area contributed by atoms with E-state index in [0.717, 1.165) is 23.3 Å². The zero-order chi connectivity index (χ0) is 18.4. The zero-order valence-corrected chi connectivity index (χ0v) is 15.2. The van der Waals surface area contributed by atoms with Crippen LogP contribution in [0.3, 0.4) is 0 Å². The standard InChI is InChI=1S/C19H25N3O3/c1-12-5-9-15(10-6-12)19(3)17(24)22(18(25)20-19)11-16(23)21(4)13(2)14-7-8-14/h5-6,9-10,13-14H,7-8,11H2,1-4H3,(H,20,25). The molecule has 2 fully saturated rings. The van der Waals surface area contributed by atoms with E-state index >= 15 is 0 Å². The highest BCUT2D eigenvalue weighted by molar-refractivity contribution is 6.09. The van der Waals surface area contributed by atoms with Crippen molar-refractivity contribution in [2.75, 3.05) is 13.6 Å². The number of amides is 4. The van der Waals surface area contributed by atoms with E-state index in [4.69, 9.17) is 0 Å². The zero-order valence-electron chi connectivity index (χ0n) is 15.2. The number of imide groups is 1. The number of nitrogens with zero attached hydrogens (tertiary/aromatic N) is 2. The summed E-state index contributed by atoms with van der Waals surface area (Å²) in [6, 6.07) is 7.09. The number of carbonyl (C=O) groups excluding carboxylic acids is 3. The fraction of sp³-hybridized carbons (Fsp3) is 0.526. The molecule has 1 aromatic rings. The Balaban J connectivity index is 1.74. The Hall–Kier alpha value is -2.37. The minimum absolute atomic E-state index is 0.136. The molecule has 2 aliphatic rings. The number of benzene rings is 1. The van der Waals surface area contributed by atoms with Gasteiger partial charge in [0.25, 0.3) is 5.91 Å². The molecule has 134 valence electrons. The first kappa shape index (κ1) is 17.5. The Kier molecular flexibility index (Phi) is 4.31. The maximum atomic E-state index is 12.9. The first-order valence-electron chi connectivity index (χ1n) is 8.71. The molecule has 0 spiro atoms. The van der Waals surface area contributed by atoms with Crippen LogP contribution in [0.1, 0.15) is 37.8 Å². The summed E-state index contributed by atoms with van der Waals surface area (Å²) in [5.74, 6) is -0.0619. The molecule has 1 heterocycles. The van der Waals surface area contributed by atoms with Crippen LogP contribution in [0.25, 0.3) is 0 Å². The first-order chi connectivity index (χ1) is 11.7. The second-order valence-corrected chi connectivity index (χ2v) is 7.40. The Morgan fingerprint density at radius 3 is 2.48 bits per heavy atom. The van der Waals surface area contributed by atoms with Crippen molar-refractivity contribution in [3.8, 4) is 0 Å². The Morgan fingerprint density at radius 1 is 1.32 bits per heavy atom. The summed E-state index contributed by atoms with van der Waals surface area (Å²) >= 11 is 0. The van der Waals surface area contributed by atoms with Gasteiger partial charge in [-0.1, -0.05) is 29.8 Å². The van der Waals surface area contributed by atoms with Gasteiger partial charge in [-0.05, 0) is 45.1 Å². The van der Waals surface area contributed by atoms with Gasteiger partial charge >= 0.3 is 6.03 Å². The van der Waals surface area contributed by atoms with E-state index in [1.807, 2.05) is 38.1 Å². The van der Waals surface area contributed by atoms with Crippen molar-refractivity contribution < 1.29 is 14.4 Å². The molecule has 0 radical (unpaired) electrons. The summed E-state index contributed by atoms with van der Waals surface area (Å²) in [6.45, 7) is 5.43. The molecule has 1 saturated carbocycles. The summed E-state index contributed by atoms with van der Waals surface area (Å²) in [5.41, 5.74) is 0.657. The highest BCUT2D eigenvalue weighted by Crippen LogP contribution is 2.35. The Bertz CT molecular complexity index is 711. The van der Waals surface area contributed by atoms with Crippen molar-refractivity contribution in [3.05, 3.63) is 35.4 Å². The number of urea groups is 1. The maximum absolute atomic E-state index is 12.9. The van der Waals surface area contributed by atoms with Crippen molar-refractivity contribution in [2.24, 2.45) is 5.92 Å². The molecule has 6 nitrogen and oxygen atoms in total. The van der Waals surface area contributed by atoms with E-state index < -0.39 is 11.6 Å². The SMILES string of the molecule is Cc1ccc(C2(C)NC(=O)N(CC(=O)N(C)C(C)C3CC3)C2=O)cc1. The number of nitrogens with one attached hydrogen (secondary N) is 1. The minimum atomic E-state index is -1.13. The predicted octanol–water partition coefficient (Wildman–Crippen LogP) is 2.02. The Morgan fingerprint density at radius 2 is 1.92 bits per heavy atom. The molecule has 1 N–H and O–H groups in total. The molecule has 2 atom stereocenters. The van der Waals surface area contributed by atoms with Crippen LogP contribution in [0.4, 0.5) is 4.79 Å². The summed E-state index contributed by atoms with van der Waals surface area (Å²) in [6.07, 6.45) is 2.26. The molecule has 0 bridgehead atoms. The second kappa shape index (κ2) is 6.17. The fourth-order valence-electron chi connectivity index (χ4n) is 3.29. The van der Waals surface area contributed by atoms with Crippen molar-refractivity contribution in [1.29, 1.82) is 0 Å². The third kappa shape index (κ3) is 3.13. The van der Waals surface area contributed by atoms with Crippen LogP contribution in [0, 0.1) is 12.8 Å². The van der Waals surface area contributed by atoms with Gasteiger partial charge in [0.2, 0.25) is 5.91 Å². The lowest BCUT2D eigenvalue weighted by molar-refractivity contribution is -0.139. The van der Waals surface area contributed by atoms with Crippen LogP contribution >= 0.6 is 0 Å². The van der Waals surface area contributed by atoms with Gasteiger partial charge in [-0.3, -0.25) is 14.5 Å². The smallest absolute Gasteiger partial charge is 0.325 e. The van der Waals surface area contributed by atoms with Crippen LogP contribution in [-0.4, -0.2) is 47.3 Å². The maximum Gasteiger partial charge on any atom is 0.325 e. The largest absolute Gasteiger partial charge is 0.341 e. The molecule has 1 aromatic carbocycles. The third-order valence-corrected chi connectivity index (χ3v) is 5.51. The second-order valence-electron chi connectivity index (χ2n) is 7.40. The third-order valence-electron chi connectivity index (χ3n) is 5.51. The quantitative estimate of drug-likeness (QED) is 0.832. The van der Waals surface area contributed by atoms with Gasteiger partial charge in [-0.15, -0.1) is 0 Å². The van der Waals surface area contributed by atoms with E-state index in [2.05, 4.69) is 5.32 Å². The van der Waals surface area contributed by atoms with Crippen LogP contribution in [0.15, 0.2) is 24.3 Å². The lowest BCUT2D eigenvalue weighted by Crippen LogP contribution is -2.46. The van der Waals surface area contributed by atoms with Gasteiger partial charge in [-0.25, -0.2) is 4.79 Å². The van der Waals surface area contributed by atoms with Crippen LogP contribution in [0.5, 0.6) is 0 Å². The lowest BCUT2D eigenvalue weighted by Gasteiger charge is -2.27. The summed E-state index contributed by atoms with van der Waals surface area (Å²) in [7, 11) is 1.74. The number of carbonyl (C=O) groups is 3. The van der Waals surface area contributed by atoms with Crippen LogP contribution in [-0.2, 0) is 15.1 Å². The molecule has 6 heteroatoms. The molecule has 2 unspecified atom stereocenters. The van der Waals surface area contributed by atoms with E-state index in [9.17, 15) is 14.4 Å². The van der Waals surface area contributed by atoms with Crippen molar-refractivity contribution in [2.45, 2.75) is 45.2 Å². The average molecular weight is 343 g/mol. The minimum Gasteiger partial charge on any atom is -0.341 e. The van der Waals surface area contributed by atoms with Gasteiger partial charge < -0.3 is 10.2 Å².